The number of aliphatic carboxylic acids is 1. The Balaban J connectivity index is 2.92. The van der Waals surface area contributed by atoms with Crippen LogP contribution in [0.4, 0.5) is 13.2 Å². The van der Waals surface area contributed by atoms with Crippen molar-refractivity contribution in [3.63, 3.8) is 0 Å². The average molecular weight is 303 g/mol. The summed E-state index contributed by atoms with van der Waals surface area (Å²) < 4.78 is 37.8. The van der Waals surface area contributed by atoms with E-state index in [-0.39, 0.29) is 12.1 Å². The molecule has 4 nitrogen and oxygen atoms in total. The number of nitrogens with zero attached hydrogens (tertiary/aromatic N) is 1. The summed E-state index contributed by atoms with van der Waals surface area (Å²) in [6.45, 7) is 2.40. The van der Waals surface area contributed by atoms with E-state index < -0.39 is 29.0 Å². The first kappa shape index (κ1) is 17.0. The third-order valence-corrected chi connectivity index (χ3v) is 3.09. The van der Waals surface area contributed by atoms with E-state index in [4.69, 9.17) is 5.11 Å². The second kappa shape index (κ2) is 5.75. The van der Waals surface area contributed by atoms with Gasteiger partial charge in [0.25, 0.3) is 0 Å². The molecule has 0 aromatic heterocycles. The van der Waals surface area contributed by atoms with Gasteiger partial charge in [0.1, 0.15) is 5.41 Å². The molecule has 0 spiro atoms. The fourth-order valence-electron chi connectivity index (χ4n) is 1.76. The number of rotatable bonds is 4. The van der Waals surface area contributed by atoms with Crippen LogP contribution in [-0.2, 0) is 22.3 Å². The van der Waals surface area contributed by atoms with Crippen molar-refractivity contribution in [3.05, 3.63) is 35.4 Å². The first-order valence-electron chi connectivity index (χ1n) is 6.11. The highest BCUT2D eigenvalue weighted by molar-refractivity contribution is 6.00. The Kier molecular flexibility index (Phi) is 4.65. The van der Waals surface area contributed by atoms with Crippen LogP contribution in [0, 0.1) is 5.41 Å². The second-order valence-corrected chi connectivity index (χ2v) is 5.29. The number of benzene rings is 1. The molecule has 0 saturated heterocycles. The molecular weight excluding hydrogens is 287 g/mol. The third-order valence-electron chi connectivity index (χ3n) is 3.09. The van der Waals surface area contributed by atoms with Gasteiger partial charge in [-0.2, -0.15) is 13.2 Å². The topological polar surface area (TPSA) is 57.6 Å². The molecule has 0 aliphatic carbocycles. The number of amides is 1. The summed E-state index contributed by atoms with van der Waals surface area (Å²) in [5.74, 6) is -1.96. The molecule has 116 valence electrons. The van der Waals surface area contributed by atoms with Gasteiger partial charge in [0.2, 0.25) is 5.91 Å². The van der Waals surface area contributed by atoms with Gasteiger partial charge in [-0.25, -0.2) is 0 Å². The van der Waals surface area contributed by atoms with Crippen LogP contribution in [-0.4, -0.2) is 28.9 Å². The van der Waals surface area contributed by atoms with Crippen molar-refractivity contribution in [1.29, 1.82) is 0 Å². The molecule has 0 radical (unpaired) electrons. The molecule has 1 aromatic carbocycles. The lowest BCUT2D eigenvalue weighted by Crippen LogP contribution is -2.43. The zero-order valence-corrected chi connectivity index (χ0v) is 11.9. The number of hydrogen-bond acceptors (Lipinski definition) is 2. The number of hydrogen-bond donors (Lipinski definition) is 1. The lowest BCUT2D eigenvalue weighted by Gasteiger charge is -2.26. The molecule has 1 amide bonds. The maximum absolute atomic E-state index is 12.6. The van der Waals surface area contributed by atoms with Gasteiger partial charge in [0.05, 0.1) is 5.56 Å². The molecule has 0 fully saturated rings. The number of halogens is 3. The van der Waals surface area contributed by atoms with Crippen LogP contribution < -0.4 is 0 Å². The highest BCUT2D eigenvalue weighted by Crippen LogP contribution is 2.30. The van der Waals surface area contributed by atoms with E-state index in [0.717, 1.165) is 17.0 Å². The Morgan fingerprint density at radius 2 is 1.81 bits per heavy atom. The number of carboxylic acid groups (broad SMARTS) is 1. The Labute approximate surface area is 120 Å². The van der Waals surface area contributed by atoms with Crippen LogP contribution in [0.1, 0.15) is 25.0 Å². The SMILES string of the molecule is CN(Cc1cccc(C(F)(F)F)c1)C(=O)C(C)(C)C(=O)O. The van der Waals surface area contributed by atoms with Gasteiger partial charge < -0.3 is 10.0 Å². The van der Waals surface area contributed by atoms with E-state index in [1.54, 1.807) is 0 Å². The van der Waals surface area contributed by atoms with Gasteiger partial charge in [-0.1, -0.05) is 12.1 Å². The summed E-state index contributed by atoms with van der Waals surface area (Å²) in [7, 11) is 1.35. The van der Waals surface area contributed by atoms with Crippen molar-refractivity contribution in [2.24, 2.45) is 5.41 Å². The smallest absolute Gasteiger partial charge is 0.416 e. The molecule has 1 aromatic rings. The summed E-state index contributed by atoms with van der Waals surface area (Å²) in [5.41, 5.74) is -2.16. The average Bonchev–Trinajstić information content (AvgIpc) is 2.36. The summed E-state index contributed by atoms with van der Waals surface area (Å²) in [6.07, 6.45) is -4.46. The monoisotopic (exact) mass is 303 g/mol. The number of carboxylic acids is 1. The third kappa shape index (κ3) is 3.96. The van der Waals surface area contributed by atoms with Gasteiger partial charge in [0.15, 0.2) is 0 Å². The number of carbonyl (C=O) groups excluding carboxylic acids is 1. The number of carbonyl (C=O) groups is 2. The first-order valence-corrected chi connectivity index (χ1v) is 6.11. The standard InChI is InChI=1S/C14H16F3NO3/c1-13(2,12(20)21)11(19)18(3)8-9-5-4-6-10(7-9)14(15,16)17/h4-7H,8H2,1-3H3,(H,20,21). The van der Waals surface area contributed by atoms with E-state index in [1.165, 1.54) is 33.0 Å². The van der Waals surface area contributed by atoms with E-state index in [1.807, 2.05) is 0 Å². The summed E-state index contributed by atoms with van der Waals surface area (Å²) in [4.78, 5) is 24.1. The molecule has 7 heteroatoms. The van der Waals surface area contributed by atoms with Gasteiger partial charge in [-0.15, -0.1) is 0 Å². The normalized spacial score (nSPS) is 12.1. The van der Waals surface area contributed by atoms with Crippen LogP contribution in [0.15, 0.2) is 24.3 Å². The highest BCUT2D eigenvalue weighted by atomic mass is 19.4. The predicted molar refractivity (Wildman–Crippen MR) is 69.3 cm³/mol. The quantitative estimate of drug-likeness (QED) is 0.870. The fourth-order valence-corrected chi connectivity index (χ4v) is 1.76. The minimum absolute atomic E-state index is 0.0978. The molecule has 0 saturated carbocycles. The van der Waals surface area contributed by atoms with Gasteiger partial charge in [0, 0.05) is 13.6 Å². The minimum atomic E-state index is -4.46. The van der Waals surface area contributed by atoms with Crippen molar-refractivity contribution >= 4 is 11.9 Å². The van der Waals surface area contributed by atoms with E-state index in [2.05, 4.69) is 0 Å². The van der Waals surface area contributed by atoms with Gasteiger partial charge >= 0.3 is 12.1 Å². The van der Waals surface area contributed by atoms with Crippen molar-refractivity contribution < 1.29 is 27.9 Å². The first-order chi connectivity index (χ1) is 9.46. The van der Waals surface area contributed by atoms with Gasteiger partial charge in [-0.3, -0.25) is 9.59 Å². The zero-order chi connectivity index (χ0) is 16.4. The van der Waals surface area contributed by atoms with E-state index >= 15 is 0 Å². The molecule has 21 heavy (non-hydrogen) atoms. The van der Waals surface area contributed by atoms with Gasteiger partial charge in [-0.05, 0) is 31.5 Å². The fraction of sp³-hybridized carbons (Fsp3) is 0.429. The summed E-state index contributed by atoms with van der Waals surface area (Å²) in [6, 6.07) is 4.58. The molecule has 0 aliphatic rings. The Morgan fingerprint density at radius 1 is 1.24 bits per heavy atom. The lowest BCUT2D eigenvalue weighted by atomic mass is 9.92. The Morgan fingerprint density at radius 3 is 2.29 bits per heavy atom. The largest absolute Gasteiger partial charge is 0.480 e. The minimum Gasteiger partial charge on any atom is -0.480 e. The molecular formula is C14H16F3NO3. The van der Waals surface area contributed by atoms with Crippen molar-refractivity contribution in [2.45, 2.75) is 26.6 Å². The molecule has 0 unspecified atom stereocenters. The summed E-state index contributed by atoms with van der Waals surface area (Å²) in [5, 5.41) is 8.98. The molecule has 0 aliphatic heterocycles. The van der Waals surface area contributed by atoms with E-state index in [0.29, 0.717) is 0 Å². The maximum atomic E-state index is 12.6. The van der Waals surface area contributed by atoms with Crippen molar-refractivity contribution in [3.8, 4) is 0 Å². The van der Waals surface area contributed by atoms with Crippen LogP contribution in [0.2, 0.25) is 0 Å². The van der Waals surface area contributed by atoms with Crippen LogP contribution >= 0.6 is 0 Å². The van der Waals surface area contributed by atoms with Crippen LogP contribution in [0.25, 0.3) is 0 Å². The highest BCUT2D eigenvalue weighted by Gasteiger charge is 2.38. The van der Waals surface area contributed by atoms with E-state index in [9.17, 15) is 22.8 Å². The molecule has 0 bridgehead atoms. The zero-order valence-electron chi connectivity index (χ0n) is 11.9. The molecule has 1 rings (SSSR count). The van der Waals surface area contributed by atoms with Crippen molar-refractivity contribution in [2.75, 3.05) is 7.05 Å². The van der Waals surface area contributed by atoms with Crippen molar-refractivity contribution in [1.82, 2.24) is 4.90 Å². The Bertz CT molecular complexity index is 553. The molecule has 1 N–H and O–H groups in total. The predicted octanol–water partition coefficient (Wildman–Crippen LogP) is 2.77. The maximum Gasteiger partial charge on any atom is 0.416 e. The lowest BCUT2D eigenvalue weighted by molar-refractivity contribution is -0.157. The number of alkyl halides is 3. The summed E-state index contributed by atoms with van der Waals surface area (Å²) >= 11 is 0. The Hall–Kier alpha value is -2.05. The molecule has 0 heterocycles. The molecule has 0 atom stereocenters. The second-order valence-electron chi connectivity index (χ2n) is 5.29. The van der Waals surface area contributed by atoms with Crippen LogP contribution in [0.3, 0.4) is 0 Å². The van der Waals surface area contributed by atoms with Crippen LogP contribution in [0.5, 0.6) is 0 Å².